The van der Waals surface area contributed by atoms with Crippen molar-refractivity contribution < 1.29 is 19.1 Å². The lowest BCUT2D eigenvalue weighted by Crippen LogP contribution is -2.42. The molecule has 0 radical (unpaired) electrons. The molecular formula is C11H12ClFN2O3. The molecule has 2 amide bonds. The minimum atomic E-state index is -1.13. The van der Waals surface area contributed by atoms with Crippen LogP contribution in [-0.2, 0) is 4.79 Å². The summed E-state index contributed by atoms with van der Waals surface area (Å²) in [6.45, 7) is 1.63. The number of carbonyl (C=O) groups is 2. The Balaban J connectivity index is 2.64. The number of carboxylic acid groups (broad SMARTS) is 1. The van der Waals surface area contributed by atoms with Crippen LogP contribution in [0.2, 0.25) is 5.02 Å². The van der Waals surface area contributed by atoms with Crippen molar-refractivity contribution in [3.05, 3.63) is 29.0 Å². The lowest BCUT2D eigenvalue weighted by atomic mass is 10.2. The predicted octanol–water partition coefficient (Wildman–Crippen LogP) is 2.46. The van der Waals surface area contributed by atoms with E-state index in [9.17, 15) is 14.0 Å². The number of nitrogens with one attached hydrogen (secondary N) is 2. The fourth-order valence-corrected chi connectivity index (χ4v) is 1.36. The van der Waals surface area contributed by atoms with Gasteiger partial charge in [0, 0.05) is 5.69 Å². The summed E-state index contributed by atoms with van der Waals surface area (Å²) in [6.07, 6.45) is 0.248. The molecular weight excluding hydrogens is 263 g/mol. The van der Waals surface area contributed by atoms with Crippen LogP contribution in [0.4, 0.5) is 14.9 Å². The first kappa shape index (κ1) is 14.2. The van der Waals surface area contributed by atoms with Gasteiger partial charge in [-0.1, -0.05) is 18.5 Å². The summed E-state index contributed by atoms with van der Waals surface area (Å²) in [5.41, 5.74) is 0.189. The predicted molar refractivity (Wildman–Crippen MR) is 65.3 cm³/mol. The summed E-state index contributed by atoms with van der Waals surface area (Å²) in [5.74, 6) is -1.80. The smallest absolute Gasteiger partial charge is 0.326 e. The lowest BCUT2D eigenvalue weighted by molar-refractivity contribution is -0.139. The van der Waals surface area contributed by atoms with Crippen molar-refractivity contribution in [1.82, 2.24) is 5.32 Å². The second-order valence-corrected chi connectivity index (χ2v) is 3.93. The van der Waals surface area contributed by atoms with Crippen molar-refractivity contribution in [3.63, 3.8) is 0 Å². The van der Waals surface area contributed by atoms with Gasteiger partial charge in [-0.25, -0.2) is 14.0 Å². The van der Waals surface area contributed by atoms with Crippen LogP contribution in [0.25, 0.3) is 0 Å². The molecule has 3 N–H and O–H groups in total. The first-order valence-electron chi connectivity index (χ1n) is 5.19. The van der Waals surface area contributed by atoms with E-state index in [1.165, 1.54) is 12.1 Å². The summed E-state index contributed by atoms with van der Waals surface area (Å²) in [7, 11) is 0. The summed E-state index contributed by atoms with van der Waals surface area (Å²) >= 11 is 5.48. The van der Waals surface area contributed by atoms with Crippen LogP contribution in [0.1, 0.15) is 13.3 Å². The molecule has 0 aromatic heterocycles. The molecule has 0 unspecified atom stereocenters. The third kappa shape index (κ3) is 3.89. The molecule has 1 aromatic carbocycles. The molecule has 7 heteroatoms. The fourth-order valence-electron chi connectivity index (χ4n) is 1.24. The summed E-state index contributed by atoms with van der Waals surface area (Å²) < 4.78 is 13.1. The van der Waals surface area contributed by atoms with E-state index in [4.69, 9.17) is 16.7 Å². The molecule has 0 saturated carbocycles. The maximum Gasteiger partial charge on any atom is 0.326 e. The maximum atomic E-state index is 13.1. The standard InChI is InChI=1S/C11H12ClFN2O3/c1-2-9(10(16)17)15-11(18)14-6-3-4-7(12)8(13)5-6/h3-5,9H,2H2,1H3,(H,16,17)(H2,14,15,18)/t9-/m0/s1. The number of hydrogen-bond donors (Lipinski definition) is 3. The summed E-state index contributed by atoms with van der Waals surface area (Å²) in [6, 6.07) is 2.05. The van der Waals surface area contributed by atoms with Gasteiger partial charge in [-0.2, -0.15) is 0 Å². The molecule has 1 aromatic rings. The normalized spacial score (nSPS) is 11.7. The van der Waals surface area contributed by atoms with Crippen molar-refractivity contribution in [2.45, 2.75) is 19.4 Å². The van der Waals surface area contributed by atoms with E-state index >= 15 is 0 Å². The third-order valence-electron chi connectivity index (χ3n) is 2.19. The Kier molecular flexibility index (Phi) is 4.91. The highest BCUT2D eigenvalue weighted by Gasteiger charge is 2.17. The number of benzene rings is 1. The summed E-state index contributed by atoms with van der Waals surface area (Å²) in [5, 5.41) is 13.3. The van der Waals surface area contributed by atoms with E-state index in [1.807, 2.05) is 0 Å². The molecule has 1 rings (SSSR count). The zero-order valence-electron chi connectivity index (χ0n) is 9.54. The second kappa shape index (κ2) is 6.20. The molecule has 0 spiro atoms. The Hall–Kier alpha value is -1.82. The minimum Gasteiger partial charge on any atom is -0.480 e. The molecule has 98 valence electrons. The number of urea groups is 1. The zero-order valence-corrected chi connectivity index (χ0v) is 10.3. The molecule has 0 heterocycles. The van der Waals surface area contributed by atoms with Crippen molar-refractivity contribution in [2.24, 2.45) is 0 Å². The van der Waals surface area contributed by atoms with Gasteiger partial charge in [0.25, 0.3) is 0 Å². The SMILES string of the molecule is CC[C@H](NC(=O)Nc1ccc(Cl)c(F)c1)C(=O)O. The molecule has 5 nitrogen and oxygen atoms in total. The van der Waals surface area contributed by atoms with E-state index in [0.717, 1.165) is 6.07 Å². The maximum absolute atomic E-state index is 13.1. The van der Waals surface area contributed by atoms with Crippen molar-refractivity contribution in [2.75, 3.05) is 5.32 Å². The Morgan fingerprint density at radius 1 is 1.50 bits per heavy atom. The average Bonchev–Trinajstić information content (AvgIpc) is 2.30. The second-order valence-electron chi connectivity index (χ2n) is 3.53. The van der Waals surface area contributed by atoms with Crippen molar-refractivity contribution in [1.29, 1.82) is 0 Å². The van der Waals surface area contributed by atoms with Crippen LogP contribution < -0.4 is 10.6 Å². The number of hydrogen-bond acceptors (Lipinski definition) is 2. The van der Waals surface area contributed by atoms with Gasteiger partial charge in [0.2, 0.25) is 0 Å². The van der Waals surface area contributed by atoms with Crippen LogP contribution in [-0.4, -0.2) is 23.1 Å². The topological polar surface area (TPSA) is 78.4 Å². The number of anilines is 1. The van der Waals surface area contributed by atoms with E-state index in [2.05, 4.69) is 10.6 Å². The van der Waals surface area contributed by atoms with Crippen LogP contribution in [0.15, 0.2) is 18.2 Å². The number of amides is 2. The molecule has 0 fully saturated rings. The van der Waals surface area contributed by atoms with Gasteiger partial charge in [-0.05, 0) is 24.6 Å². The molecule has 0 aliphatic carbocycles. The van der Waals surface area contributed by atoms with E-state index in [0.29, 0.717) is 0 Å². The Morgan fingerprint density at radius 2 is 2.17 bits per heavy atom. The Labute approximate surface area is 108 Å². The summed E-state index contributed by atoms with van der Waals surface area (Å²) in [4.78, 5) is 22.1. The Morgan fingerprint density at radius 3 is 2.67 bits per heavy atom. The van der Waals surface area contributed by atoms with Gasteiger partial charge in [0.05, 0.1) is 5.02 Å². The van der Waals surface area contributed by atoms with E-state index in [1.54, 1.807) is 6.92 Å². The zero-order chi connectivity index (χ0) is 13.7. The highest BCUT2D eigenvalue weighted by Crippen LogP contribution is 2.18. The number of halogens is 2. The molecule has 18 heavy (non-hydrogen) atoms. The number of carboxylic acids is 1. The quantitative estimate of drug-likeness (QED) is 0.789. The molecule has 0 bridgehead atoms. The van der Waals surface area contributed by atoms with Gasteiger partial charge in [0.15, 0.2) is 0 Å². The minimum absolute atomic E-state index is 0.0575. The first-order valence-corrected chi connectivity index (χ1v) is 5.57. The third-order valence-corrected chi connectivity index (χ3v) is 2.50. The average molecular weight is 275 g/mol. The monoisotopic (exact) mass is 274 g/mol. The van der Waals surface area contributed by atoms with Gasteiger partial charge >= 0.3 is 12.0 Å². The molecule has 1 atom stereocenters. The van der Waals surface area contributed by atoms with Crippen molar-refractivity contribution >= 4 is 29.3 Å². The van der Waals surface area contributed by atoms with Crippen molar-refractivity contribution in [3.8, 4) is 0 Å². The lowest BCUT2D eigenvalue weighted by Gasteiger charge is -2.13. The van der Waals surface area contributed by atoms with E-state index in [-0.39, 0.29) is 17.1 Å². The fraction of sp³-hybridized carbons (Fsp3) is 0.273. The van der Waals surface area contributed by atoms with Gasteiger partial charge < -0.3 is 15.7 Å². The highest BCUT2D eigenvalue weighted by molar-refractivity contribution is 6.30. The largest absolute Gasteiger partial charge is 0.480 e. The van der Waals surface area contributed by atoms with Crippen LogP contribution >= 0.6 is 11.6 Å². The van der Waals surface area contributed by atoms with Crippen LogP contribution in [0.3, 0.4) is 0 Å². The van der Waals surface area contributed by atoms with Gasteiger partial charge in [0.1, 0.15) is 11.9 Å². The first-order chi connectivity index (χ1) is 8.43. The van der Waals surface area contributed by atoms with Gasteiger partial charge in [-0.15, -0.1) is 0 Å². The highest BCUT2D eigenvalue weighted by atomic mass is 35.5. The number of carbonyl (C=O) groups excluding carboxylic acids is 1. The number of rotatable bonds is 4. The molecule has 0 aliphatic rings. The molecule has 0 aliphatic heterocycles. The van der Waals surface area contributed by atoms with Gasteiger partial charge in [-0.3, -0.25) is 0 Å². The van der Waals surface area contributed by atoms with Crippen LogP contribution in [0.5, 0.6) is 0 Å². The van der Waals surface area contributed by atoms with E-state index < -0.39 is 23.9 Å². The number of aliphatic carboxylic acids is 1. The molecule has 0 saturated heterocycles. The Bertz CT molecular complexity index is 468. The van der Waals surface area contributed by atoms with Crippen LogP contribution in [0, 0.1) is 5.82 Å².